The van der Waals surface area contributed by atoms with E-state index in [0.717, 1.165) is 12.0 Å². The lowest BCUT2D eigenvalue weighted by molar-refractivity contribution is -0.132. The number of carbonyl (C=O) groups is 2. The number of benzene rings is 2. The van der Waals surface area contributed by atoms with Gasteiger partial charge in [0, 0.05) is 0 Å². The lowest BCUT2D eigenvalue weighted by Gasteiger charge is -2.06. The molecule has 0 aliphatic rings. The molecule has 0 spiro atoms. The van der Waals surface area contributed by atoms with E-state index < -0.39 is 12.1 Å². The van der Waals surface area contributed by atoms with Gasteiger partial charge in [-0.2, -0.15) is 0 Å². The summed E-state index contributed by atoms with van der Waals surface area (Å²) in [4.78, 5) is 22.0. The number of ether oxygens (including phenoxy) is 2. The largest absolute Gasteiger partial charge is 0.514 e. The minimum atomic E-state index is -1.04. The monoisotopic (exact) mass is 285 g/mol. The molecule has 2 rings (SSSR count). The Morgan fingerprint density at radius 3 is 2.29 bits per heavy atom. The van der Waals surface area contributed by atoms with Crippen LogP contribution in [0.15, 0.2) is 54.6 Å². The first-order valence-corrected chi connectivity index (χ1v) is 6.20. The highest BCUT2D eigenvalue weighted by molar-refractivity contribution is 5.81. The van der Waals surface area contributed by atoms with Crippen molar-refractivity contribution in [2.45, 2.75) is 6.61 Å². The zero-order valence-corrected chi connectivity index (χ0v) is 11.1. The van der Waals surface area contributed by atoms with E-state index in [1.54, 1.807) is 0 Å². The Morgan fingerprint density at radius 1 is 1.00 bits per heavy atom. The minimum Gasteiger partial charge on any atom is -0.481 e. The third-order valence-electron chi connectivity index (χ3n) is 2.57. The van der Waals surface area contributed by atoms with E-state index in [2.05, 4.69) is 0 Å². The van der Waals surface area contributed by atoms with E-state index in [9.17, 15) is 9.59 Å². The van der Waals surface area contributed by atoms with Crippen LogP contribution in [0, 0.1) is 6.42 Å². The van der Waals surface area contributed by atoms with Gasteiger partial charge in [0.2, 0.25) is 0 Å². The van der Waals surface area contributed by atoms with Gasteiger partial charge in [0.25, 0.3) is 0 Å². The first-order valence-electron chi connectivity index (χ1n) is 6.20. The fourth-order valence-electron chi connectivity index (χ4n) is 1.62. The normalized spacial score (nSPS) is 9.90. The highest BCUT2D eigenvalue weighted by Crippen LogP contribution is 2.14. The molecule has 0 aliphatic carbocycles. The van der Waals surface area contributed by atoms with Crippen LogP contribution < -0.4 is 4.74 Å². The van der Waals surface area contributed by atoms with Crippen molar-refractivity contribution in [3.8, 4) is 5.75 Å². The number of hydrogen-bond donors (Lipinski definition) is 1. The summed E-state index contributed by atoms with van der Waals surface area (Å²) in [6, 6.07) is 15.3. The third-order valence-corrected chi connectivity index (χ3v) is 2.57. The van der Waals surface area contributed by atoms with Gasteiger partial charge in [-0.3, -0.25) is 4.79 Å². The van der Waals surface area contributed by atoms with E-state index in [-0.39, 0.29) is 12.4 Å². The number of aliphatic carboxylic acids is 1. The number of carboxylic acid groups (broad SMARTS) is 1. The molecular formula is C16H13O5. The van der Waals surface area contributed by atoms with Crippen molar-refractivity contribution in [3.05, 3.63) is 72.1 Å². The molecule has 0 fully saturated rings. The second-order valence-electron chi connectivity index (χ2n) is 4.18. The fraction of sp³-hybridized carbons (Fsp3) is 0.0625. The van der Waals surface area contributed by atoms with Gasteiger partial charge in [0.15, 0.2) is 0 Å². The Kier molecular flexibility index (Phi) is 4.93. The molecule has 0 amide bonds. The first-order chi connectivity index (χ1) is 10.1. The second kappa shape index (κ2) is 7.09. The molecular weight excluding hydrogens is 272 g/mol. The van der Waals surface area contributed by atoms with Crippen molar-refractivity contribution < 1.29 is 24.2 Å². The summed E-state index contributed by atoms with van der Waals surface area (Å²) in [5, 5.41) is 8.60. The predicted molar refractivity (Wildman–Crippen MR) is 74.7 cm³/mol. The van der Waals surface area contributed by atoms with Crippen LogP contribution in [-0.2, 0) is 16.1 Å². The molecule has 5 nitrogen and oxygen atoms in total. The van der Waals surface area contributed by atoms with Gasteiger partial charge in [-0.1, -0.05) is 42.5 Å². The fourth-order valence-corrected chi connectivity index (χ4v) is 1.62. The molecule has 21 heavy (non-hydrogen) atoms. The standard InChI is InChI=1S/C16H13O5/c17-15(18)10-12-6-8-14(9-7-12)21-16(19)20-11-13-4-2-1-3-5-13/h1-10H,11H2,(H,17,18). The van der Waals surface area contributed by atoms with Gasteiger partial charge in [-0.05, 0) is 23.3 Å². The van der Waals surface area contributed by atoms with Crippen molar-refractivity contribution in [1.82, 2.24) is 0 Å². The summed E-state index contributed by atoms with van der Waals surface area (Å²) in [5.41, 5.74) is 1.37. The predicted octanol–water partition coefficient (Wildman–Crippen LogP) is 3.04. The van der Waals surface area contributed by atoms with Crippen LogP contribution in [0.5, 0.6) is 5.75 Å². The Labute approximate surface area is 121 Å². The lowest BCUT2D eigenvalue weighted by atomic mass is 10.1. The Hall–Kier alpha value is -2.82. The van der Waals surface area contributed by atoms with E-state index in [0.29, 0.717) is 5.56 Å². The summed E-state index contributed by atoms with van der Waals surface area (Å²) >= 11 is 0. The summed E-state index contributed by atoms with van der Waals surface area (Å²) in [7, 11) is 0. The number of carboxylic acids is 1. The van der Waals surface area contributed by atoms with E-state index >= 15 is 0 Å². The zero-order valence-electron chi connectivity index (χ0n) is 11.1. The van der Waals surface area contributed by atoms with Crippen LogP contribution in [0.2, 0.25) is 0 Å². The quantitative estimate of drug-likeness (QED) is 0.675. The van der Waals surface area contributed by atoms with E-state index in [1.807, 2.05) is 30.3 Å². The smallest absolute Gasteiger partial charge is 0.481 e. The lowest BCUT2D eigenvalue weighted by Crippen LogP contribution is -2.10. The van der Waals surface area contributed by atoms with E-state index in [4.69, 9.17) is 14.6 Å². The number of rotatable bonds is 5. The molecule has 5 heteroatoms. The molecule has 0 heterocycles. The van der Waals surface area contributed by atoms with E-state index in [1.165, 1.54) is 24.3 Å². The van der Waals surface area contributed by atoms with Gasteiger partial charge < -0.3 is 14.6 Å². The zero-order chi connectivity index (χ0) is 15.1. The van der Waals surface area contributed by atoms with Crippen molar-refractivity contribution in [2.75, 3.05) is 0 Å². The molecule has 0 saturated carbocycles. The van der Waals surface area contributed by atoms with Gasteiger partial charge >= 0.3 is 12.1 Å². The minimum absolute atomic E-state index is 0.130. The van der Waals surface area contributed by atoms with Gasteiger partial charge in [-0.15, -0.1) is 0 Å². The average molecular weight is 285 g/mol. The maximum absolute atomic E-state index is 11.5. The summed E-state index contributed by atoms with van der Waals surface area (Å²) in [6.45, 7) is 0.130. The molecule has 0 unspecified atom stereocenters. The van der Waals surface area contributed by atoms with Crippen LogP contribution in [0.4, 0.5) is 4.79 Å². The highest BCUT2D eigenvalue weighted by Gasteiger charge is 2.07. The van der Waals surface area contributed by atoms with Crippen LogP contribution in [0.3, 0.4) is 0 Å². The highest BCUT2D eigenvalue weighted by atomic mass is 16.7. The summed E-state index contributed by atoms with van der Waals surface area (Å²) in [5.74, 6) is -0.749. The van der Waals surface area contributed by atoms with Gasteiger partial charge in [0.1, 0.15) is 12.4 Å². The molecule has 0 aromatic heterocycles. The van der Waals surface area contributed by atoms with Crippen LogP contribution in [0.1, 0.15) is 11.1 Å². The molecule has 0 bridgehead atoms. The average Bonchev–Trinajstić information content (AvgIpc) is 2.48. The molecule has 0 saturated heterocycles. The Morgan fingerprint density at radius 2 is 1.67 bits per heavy atom. The molecule has 2 aromatic rings. The van der Waals surface area contributed by atoms with Crippen LogP contribution in [0.25, 0.3) is 0 Å². The SMILES string of the molecule is O=C(O)[CH]c1ccc(OC(=O)OCc2ccccc2)cc1. The maximum atomic E-state index is 11.5. The Bertz CT molecular complexity index is 604. The van der Waals surface area contributed by atoms with Crippen molar-refractivity contribution in [1.29, 1.82) is 0 Å². The van der Waals surface area contributed by atoms with Gasteiger partial charge in [0.05, 0.1) is 6.42 Å². The maximum Gasteiger partial charge on any atom is 0.514 e. The number of carbonyl (C=O) groups excluding carboxylic acids is 1. The van der Waals surface area contributed by atoms with Crippen molar-refractivity contribution in [2.24, 2.45) is 0 Å². The van der Waals surface area contributed by atoms with Crippen LogP contribution in [-0.4, -0.2) is 17.2 Å². The Balaban J connectivity index is 1.83. The molecule has 0 aliphatic heterocycles. The third kappa shape index (κ3) is 4.99. The molecule has 0 atom stereocenters. The van der Waals surface area contributed by atoms with Crippen molar-refractivity contribution >= 4 is 12.1 Å². The van der Waals surface area contributed by atoms with Crippen molar-refractivity contribution in [3.63, 3.8) is 0 Å². The number of hydrogen-bond acceptors (Lipinski definition) is 4. The van der Waals surface area contributed by atoms with Crippen LogP contribution >= 0.6 is 0 Å². The summed E-state index contributed by atoms with van der Waals surface area (Å²) < 4.78 is 9.94. The summed E-state index contributed by atoms with van der Waals surface area (Å²) in [6.07, 6.45) is 0.242. The topological polar surface area (TPSA) is 72.8 Å². The van der Waals surface area contributed by atoms with Gasteiger partial charge in [-0.25, -0.2) is 4.79 Å². The second-order valence-corrected chi connectivity index (χ2v) is 4.18. The molecule has 1 N–H and O–H groups in total. The first kappa shape index (κ1) is 14.6. The molecule has 107 valence electrons. The molecule has 2 aromatic carbocycles. The molecule has 1 radical (unpaired) electrons.